The van der Waals surface area contributed by atoms with Crippen LogP contribution in [-0.2, 0) is 0 Å². The molecule has 0 N–H and O–H groups in total. The van der Waals surface area contributed by atoms with E-state index in [-0.39, 0.29) is 5.75 Å². The summed E-state index contributed by atoms with van der Waals surface area (Å²) in [5.74, 6) is -7.08. The predicted octanol–water partition coefficient (Wildman–Crippen LogP) is 3.48. The predicted molar refractivity (Wildman–Crippen MR) is 62.7 cm³/mol. The van der Waals surface area contributed by atoms with Crippen LogP contribution in [0.15, 0.2) is 30.3 Å². The van der Waals surface area contributed by atoms with Crippen LogP contribution in [0.4, 0.5) is 17.6 Å². The summed E-state index contributed by atoms with van der Waals surface area (Å²) < 4.78 is 58.0. The van der Waals surface area contributed by atoms with E-state index >= 15 is 0 Å². The summed E-state index contributed by atoms with van der Waals surface area (Å²) in [7, 11) is 1.20. The van der Waals surface area contributed by atoms with Crippen LogP contribution in [0.2, 0.25) is 0 Å². The molecule has 0 atom stereocenters. The molecule has 0 saturated heterocycles. The minimum Gasteiger partial charge on any atom is -0.496 e. The quantitative estimate of drug-likeness (QED) is 0.490. The lowest BCUT2D eigenvalue weighted by atomic mass is 10.0. The smallest absolute Gasteiger partial charge is 0.202 e. The molecule has 0 aliphatic carbocycles. The third-order valence-corrected chi connectivity index (χ3v) is 2.70. The summed E-state index contributed by atoms with van der Waals surface area (Å²) in [5, 5.41) is 0. The van der Waals surface area contributed by atoms with Crippen LogP contribution in [-0.4, -0.2) is 12.9 Å². The first-order chi connectivity index (χ1) is 9.47. The molecular formula is C14H8F4O2. The Kier molecular flexibility index (Phi) is 3.74. The Bertz CT molecular complexity index is 683. The van der Waals surface area contributed by atoms with E-state index in [9.17, 15) is 22.4 Å². The third-order valence-electron chi connectivity index (χ3n) is 2.70. The zero-order chi connectivity index (χ0) is 14.9. The summed E-state index contributed by atoms with van der Waals surface area (Å²) >= 11 is 0. The largest absolute Gasteiger partial charge is 0.496 e. The van der Waals surface area contributed by atoms with Crippen LogP contribution in [0.5, 0.6) is 5.75 Å². The number of hydrogen-bond acceptors (Lipinski definition) is 2. The SMILES string of the molecule is COc1cccc(F)c1C(=O)c1ccc(F)c(F)c1F. The van der Waals surface area contributed by atoms with E-state index in [0.717, 1.165) is 12.1 Å². The zero-order valence-corrected chi connectivity index (χ0v) is 10.2. The van der Waals surface area contributed by atoms with Crippen molar-refractivity contribution in [2.24, 2.45) is 0 Å². The fourth-order valence-electron chi connectivity index (χ4n) is 1.73. The first-order valence-corrected chi connectivity index (χ1v) is 5.48. The minimum absolute atomic E-state index is 0.126. The number of halogens is 4. The Morgan fingerprint density at radius 3 is 2.30 bits per heavy atom. The molecule has 2 rings (SSSR count). The molecule has 0 radical (unpaired) electrons. The van der Waals surface area contributed by atoms with Gasteiger partial charge in [-0.2, -0.15) is 0 Å². The molecular weight excluding hydrogens is 276 g/mol. The van der Waals surface area contributed by atoms with Crippen molar-refractivity contribution >= 4 is 5.78 Å². The summed E-state index contributed by atoms with van der Waals surface area (Å²) in [6.45, 7) is 0. The van der Waals surface area contributed by atoms with Gasteiger partial charge in [-0.25, -0.2) is 17.6 Å². The Morgan fingerprint density at radius 1 is 0.950 bits per heavy atom. The van der Waals surface area contributed by atoms with Gasteiger partial charge in [0.1, 0.15) is 17.1 Å². The van der Waals surface area contributed by atoms with Gasteiger partial charge in [0.25, 0.3) is 0 Å². The highest BCUT2D eigenvalue weighted by molar-refractivity contribution is 6.11. The van der Waals surface area contributed by atoms with Crippen molar-refractivity contribution in [3.8, 4) is 5.75 Å². The number of methoxy groups -OCH3 is 1. The van der Waals surface area contributed by atoms with E-state index in [1.807, 2.05) is 0 Å². The fourth-order valence-corrected chi connectivity index (χ4v) is 1.73. The van der Waals surface area contributed by atoms with Gasteiger partial charge in [0.05, 0.1) is 12.7 Å². The normalized spacial score (nSPS) is 10.4. The Balaban J connectivity index is 2.61. The topological polar surface area (TPSA) is 26.3 Å². The number of ether oxygens (including phenoxy) is 1. The molecule has 0 saturated carbocycles. The Labute approximate surface area is 111 Å². The number of ketones is 1. The third kappa shape index (κ3) is 2.24. The number of carbonyl (C=O) groups is 1. The van der Waals surface area contributed by atoms with Crippen LogP contribution in [0, 0.1) is 23.3 Å². The number of carbonyl (C=O) groups excluding carboxylic acids is 1. The highest BCUT2D eigenvalue weighted by atomic mass is 19.2. The fraction of sp³-hybridized carbons (Fsp3) is 0.0714. The van der Waals surface area contributed by atoms with Gasteiger partial charge in [-0.05, 0) is 24.3 Å². The summed E-state index contributed by atoms with van der Waals surface area (Å²) in [6.07, 6.45) is 0. The summed E-state index contributed by atoms with van der Waals surface area (Å²) in [6, 6.07) is 4.93. The van der Waals surface area contributed by atoms with Crippen LogP contribution >= 0.6 is 0 Å². The molecule has 0 fully saturated rings. The van der Waals surface area contributed by atoms with Gasteiger partial charge in [0, 0.05) is 0 Å². The van der Waals surface area contributed by atoms with Gasteiger partial charge >= 0.3 is 0 Å². The molecule has 2 aromatic rings. The van der Waals surface area contributed by atoms with Crippen molar-refractivity contribution in [1.82, 2.24) is 0 Å². The van der Waals surface area contributed by atoms with Crippen molar-refractivity contribution < 1.29 is 27.1 Å². The lowest BCUT2D eigenvalue weighted by Gasteiger charge is -2.09. The lowest BCUT2D eigenvalue weighted by molar-refractivity contribution is 0.102. The van der Waals surface area contributed by atoms with E-state index < -0.39 is 40.2 Å². The van der Waals surface area contributed by atoms with Crippen molar-refractivity contribution in [2.45, 2.75) is 0 Å². The Morgan fingerprint density at radius 2 is 1.65 bits per heavy atom. The Hall–Kier alpha value is -2.37. The molecule has 2 aromatic carbocycles. The maximum absolute atomic E-state index is 13.7. The lowest BCUT2D eigenvalue weighted by Crippen LogP contribution is -2.10. The molecule has 0 heterocycles. The molecule has 0 aromatic heterocycles. The maximum atomic E-state index is 13.7. The molecule has 0 aliphatic heterocycles. The maximum Gasteiger partial charge on any atom is 0.202 e. The number of benzene rings is 2. The van der Waals surface area contributed by atoms with Crippen molar-refractivity contribution in [3.63, 3.8) is 0 Å². The number of hydrogen-bond donors (Lipinski definition) is 0. The van der Waals surface area contributed by atoms with E-state index in [0.29, 0.717) is 6.07 Å². The average Bonchev–Trinajstić information content (AvgIpc) is 2.44. The summed E-state index contributed by atoms with van der Waals surface area (Å²) in [5.41, 5.74) is -1.31. The summed E-state index contributed by atoms with van der Waals surface area (Å²) in [4.78, 5) is 12.1. The monoisotopic (exact) mass is 284 g/mol. The van der Waals surface area contributed by atoms with E-state index in [1.165, 1.54) is 19.2 Å². The molecule has 0 amide bonds. The second kappa shape index (κ2) is 5.32. The molecule has 0 spiro atoms. The van der Waals surface area contributed by atoms with E-state index in [4.69, 9.17) is 4.74 Å². The highest BCUT2D eigenvalue weighted by Gasteiger charge is 2.24. The van der Waals surface area contributed by atoms with Crippen LogP contribution in [0.25, 0.3) is 0 Å². The molecule has 6 heteroatoms. The first kappa shape index (κ1) is 14.0. The van der Waals surface area contributed by atoms with Gasteiger partial charge in [-0.3, -0.25) is 4.79 Å². The highest BCUT2D eigenvalue weighted by Crippen LogP contribution is 2.26. The first-order valence-electron chi connectivity index (χ1n) is 5.48. The molecule has 0 aliphatic rings. The van der Waals surface area contributed by atoms with Gasteiger partial charge in [-0.1, -0.05) is 6.07 Å². The van der Waals surface area contributed by atoms with Crippen molar-refractivity contribution in [3.05, 3.63) is 64.7 Å². The molecule has 0 bridgehead atoms. The van der Waals surface area contributed by atoms with Gasteiger partial charge in [0.15, 0.2) is 17.5 Å². The zero-order valence-electron chi connectivity index (χ0n) is 10.2. The molecule has 0 unspecified atom stereocenters. The molecule has 2 nitrogen and oxygen atoms in total. The van der Waals surface area contributed by atoms with E-state index in [1.54, 1.807) is 0 Å². The van der Waals surface area contributed by atoms with Gasteiger partial charge < -0.3 is 4.74 Å². The van der Waals surface area contributed by atoms with Crippen LogP contribution in [0.3, 0.4) is 0 Å². The van der Waals surface area contributed by atoms with Crippen LogP contribution in [0.1, 0.15) is 15.9 Å². The average molecular weight is 284 g/mol. The molecule has 20 heavy (non-hydrogen) atoms. The second-order valence-electron chi connectivity index (χ2n) is 3.87. The number of rotatable bonds is 3. The van der Waals surface area contributed by atoms with E-state index in [2.05, 4.69) is 0 Å². The second-order valence-corrected chi connectivity index (χ2v) is 3.87. The van der Waals surface area contributed by atoms with Gasteiger partial charge in [-0.15, -0.1) is 0 Å². The molecule has 104 valence electrons. The minimum atomic E-state index is -1.79. The van der Waals surface area contributed by atoms with Crippen LogP contribution < -0.4 is 4.74 Å². The van der Waals surface area contributed by atoms with Crippen molar-refractivity contribution in [2.75, 3.05) is 7.11 Å². The van der Waals surface area contributed by atoms with Gasteiger partial charge in [0.2, 0.25) is 5.78 Å². The standard InChI is InChI=1S/C14H8F4O2/c1-20-10-4-2-3-8(15)11(10)14(19)7-5-6-9(16)13(18)12(7)17/h2-6H,1H3. The van der Waals surface area contributed by atoms with Crippen molar-refractivity contribution in [1.29, 1.82) is 0 Å².